The van der Waals surface area contributed by atoms with Gasteiger partial charge in [-0.3, -0.25) is 0 Å². The Morgan fingerprint density at radius 3 is 2.83 bits per heavy atom. The largest absolute Gasteiger partial charge is 0.397 e. The Kier molecular flexibility index (Phi) is 2.95. The number of anilines is 1. The lowest BCUT2D eigenvalue weighted by molar-refractivity contribution is 0.758. The van der Waals surface area contributed by atoms with E-state index in [0.717, 1.165) is 14.9 Å². The lowest BCUT2D eigenvalue weighted by atomic mass is 10.3. The van der Waals surface area contributed by atoms with E-state index in [2.05, 4.69) is 19.9 Å². The number of nitrogens with two attached hydrogens (primary N) is 1. The van der Waals surface area contributed by atoms with Crippen LogP contribution < -0.4 is 5.73 Å². The van der Waals surface area contributed by atoms with Crippen molar-refractivity contribution in [3.63, 3.8) is 0 Å². The van der Waals surface area contributed by atoms with E-state index in [1.807, 2.05) is 24.3 Å². The number of para-hydroxylation sites is 2. The van der Waals surface area contributed by atoms with Gasteiger partial charge < -0.3 is 5.73 Å². The summed E-state index contributed by atoms with van der Waals surface area (Å²) < 4.78 is 6.51. The summed E-state index contributed by atoms with van der Waals surface area (Å²) in [5.41, 5.74) is 7.41. The molecule has 90 valence electrons. The topological polar surface area (TPSA) is 82.5 Å². The van der Waals surface area contributed by atoms with E-state index in [0.29, 0.717) is 5.69 Å². The van der Waals surface area contributed by atoms with Crippen molar-refractivity contribution in [3.05, 3.63) is 36.7 Å². The van der Waals surface area contributed by atoms with Gasteiger partial charge in [-0.05, 0) is 23.7 Å². The minimum atomic E-state index is 0.660. The summed E-state index contributed by atoms with van der Waals surface area (Å²) >= 11 is 2.84. The van der Waals surface area contributed by atoms with Gasteiger partial charge in [-0.1, -0.05) is 33.6 Å². The molecule has 0 aliphatic rings. The van der Waals surface area contributed by atoms with Crippen LogP contribution in [0, 0.1) is 0 Å². The van der Waals surface area contributed by atoms with E-state index in [1.165, 1.54) is 23.3 Å². The molecule has 1 aromatic carbocycles. The average Bonchev–Trinajstić information content (AvgIpc) is 3.02. The van der Waals surface area contributed by atoms with Gasteiger partial charge in [-0.15, -0.1) is 10.2 Å². The summed E-state index contributed by atoms with van der Waals surface area (Å²) in [5.74, 6) is 0. The summed E-state index contributed by atoms with van der Waals surface area (Å²) in [4.78, 5) is 0. The fourth-order valence-corrected chi connectivity index (χ4v) is 2.85. The molecule has 0 radical (unpaired) electrons. The second kappa shape index (κ2) is 4.75. The second-order valence-electron chi connectivity index (χ2n) is 3.38. The maximum Gasteiger partial charge on any atom is 0.126 e. The van der Waals surface area contributed by atoms with Crippen molar-refractivity contribution in [3.8, 4) is 5.69 Å². The lowest BCUT2D eigenvalue weighted by Gasteiger charge is -2.06. The molecule has 0 unspecified atom stereocenters. The normalized spacial score (nSPS) is 10.7. The molecule has 0 fully saturated rings. The van der Waals surface area contributed by atoms with Crippen molar-refractivity contribution in [2.24, 2.45) is 0 Å². The summed E-state index contributed by atoms with van der Waals surface area (Å²) in [7, 11) is 0. The molecule has 0 saturated heterocycles. The molecular formula is C10H8N6S2. The molecule has 3 rings (SSSR count). The molecule has 6 nitrogen and oxygen atoms in total. The van der Waals surface area contributed by atoms with Crippen LogP contribution in [-0.2, 0) is 0 Å². The molecular weight excluding hydrogens is 268 g/mol. The summed E-state index contributed by atoms with van der Waals surface area (Å²) in [6.45, 7) is 0. The molecule has 8 heteroatoms. The number of aromatic nitrogens is 5. The van der Waals surface area contributed by atoms with E-state index >= 15 is 0 Å². The first-order valence-electron chi connectivity index (χ1n) is 5.05. The molecule has 0 atom stereocenters. The van der Waals surface area contributed by atoms with E-state index in [9.17, 15) is 0 Å². The fourth-order valence-electron chi connectivity index (χ4n) is 1.45. The van der Waals surface area contributed by atoms with Crippen LogP contribution in [0.1, 0.15) is 0 Å². The zero-order valence-electron chi connectivity index (χ0n) is 9.09. The van der Waals surface area contributed by atoms with Gasteiger partial charge in [0.2, 0.25) is 0 Å². The van der Waals surface area contributed by atoms with Crippen LogP contribution in [0.5, 0.6) is 0 Å². The monoisotopic (exact) mass is 276 g/mol. The third-order valence-corrected chi connectivity index (χ3v) is 3.96. The quantitative estimate of drug-likeness (QED) is 0.735. The zero-order chi connectivity index (χ0) is 12.4. The molecule has 2 heterocycles. The Morgan fingerprint density at radius 2 is 2.06 bits per heavy atom. The minimum Gasteiger partial charge on any atom is -0.397 e. The lowest BCUT2D eigenvalue weighted by Crippen LogP contribution is -2.02. The number of benzene rings is 1. The smallest absolute Gasteiger partial charge is 0.126 e. The SMILES string of the molecule is Nc1ccccc1-n1nncc1Sc1cnns1. The molecule has 0 saturated carbocycles. The van der Waals surface area contributed by atoms with Crippen molar-refractivity contribution < 1.29 is 0 Å². The van der Waals surface area contributed by atoms with Gasteiger partial charge in [0.25, 0.3) is 0 Å². The first-order valence-corrected chi connectivity index (χ1v) is 6.64. The van der Waals surface area contributed by atoms with E-state index < -0.39 is 0 Å². The maximum absolute atomic E-state index is 5.93. The third kappa shape index (κ3) is 2.07. The van der Waals surface area contributed by atoms with Gasteiger partial charge in [-0.2, -0.15) is 0 Å². The Hall–Kier alpha value is -1.93. The van der Waals surface area contributed by atoms with Crippen molar-refractivity contribution in [1.29, 1.82) is 0 Å². The molecule has 18 heavy (non-hydrogen) atoms. The van der Waals surface area contributed by atoms with E-state index in [4.69, 9.17) is 5.73 Å². The maximum atomic E-state index is 5.93. The van der Waals surface area contributed by atoms with Crippen LogP contribution in [0.3, 0.4) is 0 Å². The Bertz CT molecular complexity index is 648. The number of rotatable bonds is 3. The second-order valence-corrected chi connectivity index (χ2v) is 5.49. The van der Waals surface area contributed by atoms with Crippen molar-refractivity contribution in [2.45, 2.75) is 9.24 Å². The Morgan fingerprint density at radius 1 is 1.17 bits per heavy atom. The zero-order valence-corrected chi connectivity index (χ0v) is 10.7. The number of hydrogen-bond donors (Lipinski definition) is 1. The van der Waals surface area contributed by atoms with Gasteiger partial charge >= 0.3 is 0 Å². The van der Waals surface area contributed by atoms with Crippen LogP contribution in [0.15, 0.2) is 45.9 Å². The van der Waals surface area contributed by atoms with Crippen LogP contribution in [0.4, 0.5) is 5.69 Å². The van der Waals surface area contributed by atoms with Crippen LogP contribution in [-0.4, -0.2) is 24.6 Å². The highest BCUT2D eigenvalue weighted by molar-refractivity contribution is 8.01. The molecule has 0 amide bonds. The molecule has 0 spiro atoms. The van der Waals surface area contributed by atoms with Gasteiger partial charge in [0.05, 0.1) is 23.8 Å². The van der Waals surface area contributed by atoms with Gasteiger partial charge in [-0.25, -0.2) is 4.68 Å². The molecule has 3 aromatic rings. The van der Waals surface area contributed by atoms with Crippen molar-refractivity contribution in [1.82, 2.24) is 24.6 Å². The van der Waals surface area contributed by atoms with Gasteiger partial charge in [0, 0.05) is 0 Å². The predicted molar refractivity (Wildman–Crippen MR) is 69.8 cm³/mol. The highest BCUT2D eigenvalue weighted by Crippen LogP contribution is 2.30. The Labute approximate surface area is 111 Å². The van der Waals surface area contributed by atoms with Crippen LogP contribution in [0.25, 0.3) is 5.69 Å². The number of hydrogen-bond acceptors (Lipinski definition) is 7. The number of nitrogens with zero attached hydrogens (tertiary/aromatic N) is 5. The molecule has 2 aromatic heterocycles. The molecule has 2 N–H and O–H groups in total. The summed E-state index contributed by atoms with van der Waals surface area (Å²) in [5, 5.41) is 12.6. The summed E-state index contributed by atoms with van der Waals surface area (Å²) in [6, 6.07) is 7.53. The molecule has 0 aliphatic carbocycles. The first-order chi connectivity index (χ1) is 8.84. The highest BCUT2D eigenvalue weighted by Gasteiger charge is 2.11. The predicted octanol–water partition coefficient (Wildman–Crippen LogP) is 1.85. The van der Waals surface area contributed by atoms with Crippen LogP contribution >= 0.6 is 23.3 Å². The molecule has 0 aliphatic heterocycles. The van der Waals surface area contributed by atoms with Gasteiger partial charge in [0.15, 0.2) is 0 Å². The fraction of sp³-hybridized carbons (Fsp3) is 0. The first kappa shape index (κ1) is 11.2. The molecule has 0 bridgehead atoms. The Balaban J connectivity index is 1.99. The van der Waals surface area contributed by atoms with Crippen molar-refractivity contribution in [2.75, 3.05) is 5.73 Å². The van der Waals surface area contributed by atoms with Gasteiger partial charge in [0.1, 0.15) is 9.24 Å². The van der Waals surface area contributed by atoms with E-state index in [1.54, 1.807) is 17.1 Å². The standard InChI is InChI=1S/C10H8N6S2/c11-7-3-1-2-4-8(7)16-9(5-12-14-16)17-10-6-13-15-18-10/h1-6H,11H2. The third-order valence-electron chi connectivity index (χ3n) is 2.23. The van der Waals surface area contributed by atoms with Crippen molar-refractivity contribution >= 4 is 29.0 Å². The number of nitrogen functional groups attached to an aromatic ring is 1. The van der Waals surface area contributed by atoms with E-state index in [-0.39, 0.29) is 0 Å². The highest BCUT2D eigenvalue weighted by atomic mass is 32.2. The average molecular weight is 276 g/mol. The van der Waals surface area contributed by atoms with Crippen LogP contribution in [0.2, 0.25) is 0 Å². The summed E-state index contributed by atoms with van der Waals surface area (Å²) in [6.07, 6.45) is 3.40. The minimum absolute atomic E-state index is 0.660.